The maximum Gasteiger partial charge on any atom is 0.407 e. The molecule has 2 unspecified atom stereocenters. The first-order valence-electron chi connectivity index (χ1n) is 12.8. The van der Waals surface area contributed by atoms with Crippen LogP contribution in [0.1, 0.15) is 67.7 Å². The van der Waals surface area contributed by atoms with Crippen LogP contribution >= 0.6 is 0 Å². The third-order valence-electron chi connectivity index (χ3n) is 6.23. The van der Waals surface area contributed by atoms with Crippen molar-refractivity contribution in [2.75, 3.05) is 54.2 Å². The molecule has 0 aliphatic rings. The number of nitrogens with one attached hydrogen (secondary N) is 2. The number of carbonyl (C=O) groups is 1. The van der Waals surface area contributed by atoms with Crippen LogP contribution in [-0.4, -0.2) is 82.5 Å². The molecule has 0 aliphatic heterocycles. The predicted molar refractivity (Wildman–Crippen MR) is 143 cm³/mol. The number of ether oxygens (including phenoxy) is 4. The Morgan fingerprint density at radius 3 is 2.40 bits per heavy atom. The second-order valence-electron chi connectivity index (χ2n) is 10.1. The van der Waals surface area contributed by atoms with Crippen molar-refractivity contribution in [2.24, 2.45) is 5.92 Å². The van der Waals surface area contributed by atoms with Crippen molar-refractivity contribution in [1.29, 1.82) is 0 Å². The van der Waals surface area contributed by atoms with Crippen LogP contribution in [0.2, 0.25) is 0 Å². The van der Waals surface area contributed by atoms with Crippen LogP contribution in [0, 0.1) is 5.92 Å². The van der Waals surface area contributed by atoms with E-state index in [0.29, 0.717) is 39.4 Å². The summed E-state index contributed by atoms with van der Waals surface area (Å²) in [5, 5.41) is 6.06. The van der Waals surface area contributed by atoms with Gasteiger partial charge in [-0.25, -0.2) is 4.79 Å². The van der Waals surface area contributed by atoms with E-state index in [1.807, 2.05) is 33.0 Å². The van der Waals surface area contributed by atoms with E-state index in [1.54, 1.807) is 7.11 Å². The van der Waals surface area contributed by atoms with E-state index >= 15 is 0 Å². The fraction of sp³-hybridized carbons (Fsp3) is 0.815. The molecule has 0 radical (unpaired) electrons. The largest absolute Gasteiger partial charge is 0.443 e. The molecule has 0 rings (SSSR count). The van der Waals surface area contributed by atoms with E-state index in [0.717, 1.165) is 18.5 Å². The Bertz CT molecular complexity index is 634. The number of unbranched alkanes of at least 4 members (excludes halogenated alkanes) is 1. The van der Waals surface area contributed by atoms with E-state index < -0.39 is 11.7 Å². The van der Waals surface area contributed by atoms with E-state index in [-0.39, 0.29) is 17.7 Å². The van der Waals surface area contributed by atoms with Crippen LogP contribution in [0.15, 0.2) is 23.9 Å². The van der Waals surface area contributed by atoms with Gasteiger partial charge in [0.1, 0.15) is 5.60 Å². The Labute approximate surface area is 214 Å². The van der Waals surface area contributed by atoms with Crippen molar-refractivity contribution >= 4 is 6.09 Å². The Kier molecular flexibility index (Phi) is 16.9. The lowest BCUT2D eigenvalue weighted by atomic mass is 9.93. The molecule has 1 amide bonds. The molecule has 0 aromatic heterocycles. The van der Waals surface area contributed by atoms with Crippen LogP contribution in [0.4, 0.5) is 4.79 Å². The lowest BCUT2D eigenvalue weighted by Crippen LogP contribution is -2.39. The molecule has 206 valence electrons. The standard InChI is InChI=1S/C27H53N3O5/c1-11-12-14-24(30(9)23(3)28-8)15-13-17-29-25(31)35-26(4,5)16-18-34-27(6,7)22(2)21-33-20-19-32-10/h13-15,22-23,28H,11-12,16-21H2,1-10H3,(H,29,31)/b15-13-,24-14-. The van der Waals surface area contributed by atoms with Crippen molar-refractivity contribution < 1.29 is 23.7 Å². The molecule has 0 saturated heterocycles. The summed E-state index contributed by atoms with van der Waals surface area (Å²) in [6.45, 7) is 16.9. The third kappa shape index (κ3) is 15.2. The van der Waals surface area contributed by atoms with Crippen LogP contribution in [0.25, 0.3) is 0 Å². The molecule has 0 aromatic carbocycles. The van der Waals surface area contributed by atoms with E-state index in [4.69, 9.17) is 18.9 Å². The SMILES string of the molecule is CCC/C=C(/C=C\CNC(=O)OC(C)(C)CCOC(C)(C)C(C)COCCOC)N(C)C(C)NC. The molecule has 8 heteroatoms. The maximum absolute atomic E-state index is 12.3. The first-order valence-corrected chi connectivity index (χ1v) is 12.8. The summed E-state index contributed by atoms with van der Waals surface area (Å²) in [5.41, 5.74) is 0.121. The van der Waals surface area contributed by atoms with Gasteiger partial charge in [-0.3, -0.25) is 0 Å². The van der Waals surface area contributed by atoms with Crippen molar-refractivity contribution in [2.45, 2.75) is 85.1 Å². The number of alkyl carbamates (subject to hydrolysis) is 1. The summed E-state index contributed by atoms with van der Waals surface area (Å²) >= 11 is 0. The number of amides is 1. The monoisotopic (exact) mass is 499 g/mol. The molecule has 0 aromatic rings. The molecule has 0 fully saturated rings. The first kappa shape index (κ1) is 33.4. The number of allylic oxidation sites excluding steroid dienone is 2. The van der Waals surface area contributed by atoms with Gasteiger partial charge in [-0.1, -0.05) is 32.4 Å². The lowest BCUT2D eigenvalue weighted by Gasteiger charge is -2.33. The van der Waals surface area contributed by atoms with Gasteiger partial charge in [-0.2, -0.15) is 0 Å². The highest BCUT2D eigenvalue weighted by atomic mass is 16.6. The summed E-state index contributed by atoms with van der Waals surface area (Å²) in [6.07, 6.45) is 8.63. The first-order chi connectivity index (χ1) is 16.4. The van der Waals surface area contributed by atoms with Gasteiger partial charge in [-0.05, 0) is 54.2 Å². The third-order valence-corrected chi connectivity index (χ3v) is 6.23. The molecule has 0 heterocycles. The second-order valence-corrected chi connectivity index (χ2v) is 10.1. The molecule has 0 saturated carbocycles. The minimum atomic E-state index is -0.642. The van der Waals surface area contributed by atoms with E-state index in [2.05, 4.69) is 63.3 Å². The number of methoxy groups -OCH3 is 1. The molecular weight excluding hydrogens is 446 g/mol. The van der Waals surface area contributed by atoms with Crippen molar-refractivity contribution in [3.63, 3.8) is 0 Å². The summed E-state index contributed by atoms with van der Waals surface area (Å²) < 4.78 is 22.4. The zero-order valence-electron chi connectivity index (χ0n) is 24.0. The molecule has 0 spiro atoms. The topological polar surface area (TPSA) is 81.3 Å². The summed E-state index contributed by atoms with van der Waals surface area (Å²) in [5.74, 6) is 0.213. The Morgan fingerprint density at radius 2 is 1.80 bits per heavy atom. The molecule has 8 nitrogen and oxygen atoms in total. The summed E-state index contributed by atoms with van der Waals surface area (Å²) in [4.78, 5) is 14.5. The smallest absolute Gasteiger partial charge is 0.407 e. The van der Waals surface area contributed by atoms with E-state index in [1.165, 1.54) is 0 Å². The highest BCUT2D eigenvalue weighted by Gasteiger charge is 2.29. The van der Waals surface area contributed by atoms with Gasteiger partial charge in [0.2, 0.25) is 0 Å². The molecule has 0 bridgehead atoms. The average molecular weight is 500 g/mol. The number of likely N-dealkylation sites (N-methyl/N-ethyl adjacent to an activating group) is 1. The number of hydrogen-bond donors (Lipinski definition) is 2. The Balaban J connectivity index is 4.54. The minimum absolute atomic E-state index is 0.208. The molecular formula is C27H53N3O5. The molecule has 2 atom stereocenters. The van der Waals surface area contributed by atoms with Gasteiger partial charge in [-0.15, -0.1) is 0 Å². The van der Waals surface area contributed by atoms with Gasteiger partial charge in [0, 0.05) is 38.7 Å². The Morgan fingerprint density at radius 1 is 1.11 bits per heavy atom. The number of hydrogen-bond acceptors (Lipinski definition) is 7. The van der Waals surface area contributed by atoms with Gasteiger partial charge >= 0.3 is 6.09 Å². The number of carbonyl (C=O) groups excluding carboxylic acids is 1. The molecule has 2 N–H and O–H groups in total. The van der Waals surface area contributed by atoms with Crippen molar-refractivity contribution in [3.05, 3.63) is 23.9 Å². The van der Waals surface area contributed by atoms with Crippen LogP contribution in [-0.2, 0) is 18.9 Å². The normalized spacial score (nSPS) is 14.7. The van der Waals surface area contributed by atoms with Gasteiger partial charge in [0.15, 0.2) is 0 Å². The van der Waals surface area contributed by atoms with E-state index in [9.17, 15) is 4.79 Å². The highest BCUT2D eigenvalue weighted by Crippen LogP contribution is 2.24. The number of nitrogens with zero attached hydrogens (tertiary/aromatic N) is 1. The van der Waals surface area contributed by atoms with Crippen LogP contribution in [0.3, 0.4) is 0 Å². The molecule has 35 heavy (non-hydrogen) atoms. The maximum atomic E-state index is 12.3. The summed E-state index contributed by atoms with van der Waals surface area (Å²) in [6, 6.07) is 0. The van der Waals surface area contributed by atoms with Gasteiger partial charge < -0.3 is 34.5 Å². The summed E-state index contributed by atoms with van der Waals surface area (Å²) in [7, 11) is 5.65. The zero-order valence-corrected chi connectivity index (χ0v) is 24.0. The zero-order chi connectivity index (χ0) is 26.9. The quantitative estimate of drug-likeness (QED) is 0.151. The van der Waals surface area contributed by atoms with Crippen LogP contribution < -0.4 is 10.6 Å². The fourth-order valence-electron chi connectivity index (χ4n) is 3.00. The fourth-order valence-corrected chi connectivity index (χ4v) is 3.00. The second kappa shape index (κ2) is 17.8. The van der Waals surface area contributed by atoms with Gasteiger partial charge in [0.25, 0.3) is 0 Å². The van der Waals surface area contributed by atoms with Gasteiger partial charge in [0.05, 0.1) is 38.2 Å². The lowest BCUT2D eigenvalue weighted by molar-refractivity contribution is -0.0941. The number of rotatable bonds is 19. The van der Waals surface area contributed by atoms with Crippen LogP contribution in [0.5, 0.6) is 0 Å². The highest BCUT2D eigenvalue weighted by molar-refractivity contribution is 5.67. The van der Waals surface area contributed by atoms with Crippen molar-refractivity contribution in [1.82, 2.24) is 15.5 Å². The minimum Gasteiger partial charge on any atom is -0.443 e. The molecule has 0 aliphatic carbocycles. The van der Waals surface area contributed by atoms with Crippen molar-refractivity contribution in [3.8, 4) is 0 Å². The Hall–Kier alpha value is -1.61. The average Bonchev–Trinajstić information content (AvgIpc) is 2.79. The predicted octanol–water partition coefficient (Wildman–Crippen LogP) is 4.71.